The van der Waals surface area contributed by atoms with Gasteiger partial charge in [-0.05, 0) is 83.2 Å². The number of piperidine rings is 1. The molecule has 0 atom stereocenters. The summed E-state index contributed by atoms with van der Waals surface area (Å²) in [6, 6.07) is 3.72. The Labute approximate surface area is 204 Å². The molecule has 3 aromatic rings. The summed E-state index contributed by atoms with van der Waals surface area (Å²) in [6.07, 6.45) is 8.76. The maximum absolute atomic E-state index is 12.4. The fourth-order valence-electron chi connectivity index (χ4n) is 5.99. The Morgan fingerprint density at radius 3 is 2.51 bits per heavy atom. The summed E-state index contributed by atoms with van der Waals surface area (Å²) in [5, 5.41) is 3.30. The van der Waals surface area contributed by atoms with Gasteiger partial charge in [-0.15, -0.1) is 0 Å². The SMILES string of the molecule is CC(=O)c1cc2[nH]c(=O)c3cnc(C4CCOCC4)n3c2cc1C.O=C1CCCC12CCNCC2. The number of H-pyrrole nitrogens is 1. The average molecular weight is 479 g/mol. The molecule has 0 bridgehead atoms. The fraction of sp³-hybridized carbons (Fsp3) is 0.556. The molecule has 8 nitrogen and oxygen atoms in total. The van der Waals surface area contributed by atoms with Crippen molar-refractivity contribution in [1.82, 2.24) is 19.7 Å². The third-order valence-electron chi connectivity index (χ3n) is 8.03. The first-order valence-corrected chi connectivity index (χ1v) is 12.8. The lowest BCUT2D eigenvalue weighted by Crippen LogP contribution is -2.39. The third-order valence-corrected chi connectivity index (χ3v) is 8.03. The number of ketones is 2. The number of imidazole rings is 1. The Morgan fingerprint density at radius 2 is 1.86 bits per heavy atom. The van der Waals surface area contributed by atoms with E-state index < -0.39 is 0 Å². The standard InChI is InChI=1S/C18H19N3O3.C9H15NO/c1-10-7-15-14(8-13(10)11(2)22)20-18(23)16-9-19-17(21(15)16)12-3-5-24-6-4-12;11-8-2-1-3-9(8)4-6-10-7-5-9/h7-9,12H,3-6H2,1-2H3,(H,20,23);10H,1-7H2. The minimum atomic E-state index is -0.188. The zero-order valence-corrected chi connectivity index (χ0v) is 20.6. The number of nitrogens with one attached hydrogen (secondary N) is 2. The van der Waals surface area contributed by atoms with Crippen molar-refractivity contribution in [2.24, 2.45) is 5.41 Å². The summed E-state index contributed by atoms with van der Waals surface area (Å²) >= 11 is 0. The first kappa shape index (κ1) is 23.9. The maximum atomic E-state index is 12.4. The van der Waals surface area contributed by atoms with Gasteiger partial charge in [0.15, 0.2) is 5.78 Å². The summed E-state index contributed by atoms with van der Waals surface area (Å²) in [5.41, 5.74) is 3.55. The second-order valence-electron chi connectivity index (χ2n) is 10.2. The molecule has 3 fully saturated rings. The van der Waals surface area contributed by atoms with E-state index in [-0.39, 0.29) is 22.7 Å². The van der Waals surface area contributed by atoms with E-state index in [1.807, 2.05) is 17.4 Å². The smallest absolute Gasteiger partial charge is 0.274 e. The molecule has 0 radical (unpaired) electrons. The normalized spacial score (nSPS) is 20.3. The summed E-state index contributed by atoms with van der Waals surface area (Å²) in [7, 11) is 0. The lowest BCUT2D eigenvalue weighted by atomic mass is 9.77. The predicted molar refractivity (Wildman–Crippen MR) is 134 cm³/mol. The number of carbonyl (C=O) groups excluding carboxylic acids is 2. The van der Waals surface area contributed by atoms with Crippen LogP contribution in [0.3, 0.4) is 0 Å². The molecule has 1 saturated carbocycles. The first-order chi connectivity index (χ1) is 16.9. The van der Waals surface area contributed by atoms with Gasteiger partial charge < -0.3 is 15.0 Å². The van der Waals surface area contributed by atoms with E-state index >= 15 is 0 Å². The van der Waals surface area contributed by atoms with Crippen LogP contribution in [0.4, 0.5) is 0 Å². The quantitative estimate of drug-likeness (QED) is 0.544. The van der Waals surface area contributed by atoms with Crippen molar-refractivity contribution in [3.63, 3.8) is 0 Å². The molecule has 1 spiro atoms. The zero-order chi connectivity index (χ0) is 24.6. The van der Waals surface area contributed by atoms with Crippen LogP contribution in [0.1, 0.15) is 79.5 Å². The Morgan fingerprint density at radius 1 is 1.11 bits per heavy atom. The molecule has 0 unspecified atom stereocenters. The van der Waals surface area contributed by atoms with E-state index in [2.05, 4.69) is 15.3 Å². The minimum Gasteiger partial charge on any atom is -0.381 e. The molecular formula is C27H34N4O4. The van der Waals surface area contributed by atoms with Gasteiger partial charge >= 0.3 is 0 Å². The predicted octanol–water partition coefficient (Wildman–Crippen LogP) is 3.69. The van der Waals surface area contributed by atoms with Crippen LogP contribution in [0, 0.1) is 12.3 Å². The van der Waals surface area contributed by atoms with Crippen molar-refractivity contribution in [3.8, 4) is 0 Å². The second kappa shape index (κ2) is 9.66. The summed E-state index contributed by atoms with van der Waals surface area (Å²) in [5.74, 6) is 1.71. The molecule has 1 aromatic carbocycles. The van der Waals surface area contributed by atoms with Crippen molar-refractivity contribution in [1.29, 1.82) is 0 Å². The van der Waals surface area contributed by atoms with E-state index in [9.17, 15) is 14.4 Å². The topological polar surface area (TPSA) is 106 Å². The summed E-state index contributed by atoms with van der Waals surface area (Å²) in [6.45, 7) is 6.98. The number of hydrogen-bond donors (Lipinski definition) is 2. The molecule has 2 aromatic heterocycles. The number of aromatic amines is 1. The molecule has 35 heavy (non-hydrogen) atoms. The molecule has 2 saturated heterocycles. The van der Waals surface area contributed by atoms with Gasteiger partial charge in [0.25, 0.3) is 5.56 Å². The highest BCUT2D eigenvalue weighted by Crippen LogP contribution is 2.41. The lowest BCUT2D eigenvalue weighted by molar-refractivity contribution is -0.127. The Kier molecular flexibility index (Phi) is 6.59. The molecule has 2 aliphatic heterocycles. The van der Waals surface area contributed by atoms with Gasteiger partial charge in [-0.25, -0.2) is 4.98 Å². The summed E-state index contributed by atoms with van der Waals surface area (Å²) in [4.78, 5) is 43.2. The van der Waals surface area contributed by atoms with E-state index in [1.54, 1.807) is 12.3 Å². The largest absolute Gasteiger partial charge is 0.381 e. The number of aromatic nitrogens is 3. The first-order valence-electron chi connectivity index (χ1n) is 12.8. The third kappa shape index (κ3) is 4.45. The molecular weight excluding hydrogens is 444 g/mol. The molecule has 4 heterocycles. The van der Waals surface area contributed by atoms with Crippen molar-refractivity contribution in [2.75, 3.05) is 26.3 Å². The number of fused-ring (bicyclic) bond motifs is 3. The monoisotopic (exact) mass is 478 g/mol. The van der Waals surface area contributed by atoms with E-state index in [0.717, 1.165) is 74.9 Å². The van der Waals surface area contributed by atoms with Crippen LogP contribution in [0.5, 0.6) is 0 Å². The average Bonchev–Trinajstić information content (AvgIpc) is 3.46. The molecule has 1 aliphatic carbocycles. The van der Waals surface area contributed by atoms with Gasteiger partial charge in [-0.1, -0.05) is 0 Å². The number of rotatable bonds is 2. The van der Waals surface area contributed by atoms with E-state index in [0.29, 0.717) is 35.6 Å². The fourth-order valence-corrected chi connectivity index (χ4v) is 5.99. The van der Waals surface area contributed by atoms with Crippen molar-refractivity contribution in [3.05, 3.63) is 45.6 Å². The number of Topliss-reactive ketones (excluding diaryl/α,β-unsaturated/α-hetero) is 2. The number of benzene rings is 1. The molecule has 0 amide bonds. The number of nitrogens with zero attached hydrogens (tertiary/aromatic N) is 2. The van der Waals surface area contributed by atoms with Gasteiger partial charge in [-0.3, -0.25) is 18.8 Å². The van der Waals surface area contributed by atoms with Crippen LogP contribution in [0.15, 0.2) is 23.1 Å². The van der Waals surface area contributed by atoms with Crippen LogP contribution in [-0.2, 0) is 9.53 Å². The van der Waals surface area contributed by atoms with Crippen molar-refractivity contribution in [2.45, 2.75) is 64.7 Å². The van der Waals surface area contributed by atoms with Crippen LogP contribution < -0.4 is 10.9 Å². The second-order valence-corrected chi connectivity index (χ2v) is 10.2. The number of hydrogen-bond acceptors (Lipinski definition) is 6. The minimum absolute atomic E-state index is 0.00868. The maximum Gasteiger partial charge on any atom is 0.274 e. The summed E-state index contributed by atoms with van der Waals surface area (Å²) < 4.78 is 7.39. The molecule has 8 heteroatoms. The van der Waals surface area contributed by atoms with Crippen LogP contribution >= 0.6 is 0 Å². The Bertz CT molecular complexity index is 1330. The number of carbonyl (C=O) groups is 2. The zero-order valence-electron chi connectivity index (χ0n) is 20.6. The highest BCUT2D eigenvalue weighted by atomic mass is 16.5. The van der Waals surface area contributed by atoms with Crippen molar-refractivity contribution >= 4 is 28.1 Å². The van der Waals surface area contributed by atoms with E-state index in [4.69, 9.17) is 4.74 Å². The Hall–Kier alpha value is -2.84. The lowest BCUT2D eigenvalue weighted by Gasteiger charge is -2.31. The molecule has 186 valence electrons. The highest BCUT2D eigenvalue weighted by molar-refractivity contribution is 5.99. The van der Waals surface area contributed by atoms with Gasteiger partial charge in [0.1, 0.15) is 17.1 Å². The number of aryl methyl sites for hydroxylation is 1. The van der Waals surface area contributed by atoms with Gasteiger partial charge in [0.05, 0.1) is 17.2 Å². The van der Waals surface area contributed by atoms with Gasteiger partial charge in [0, 0.05) is 36.5 Å². The molecule has 2 N–H and O–H groups in total. The van der Waals surface area contributed by atoms with Crippen LogP contribution in [0.2, 0.25) is 0 Å². The van der Waals surface area contributed by atoms with E-state index in [1.165, 1.54) is 6.92 Å². The number of ether oxygens (including phenoxy) is 1. The van der Waals surface area contributed by atoms with Crippen molar-refractivity contribution < 1.29 is 14.3 Å². The van der Waals surface area contributed by atoms with Gasteiger partial charge in [-0.2, -0.15) is 0 Å². The molecule has 6 rings (SSSR count). The van der Waals surface area contributed by atoms with Crippen LogP contribution in [-0.4, -0.2) is 52.2 Å². The highest BCUT2D eigenvalue weighted by Gasteiger charge is 2.42. The van der Waals surface area contributed by atoms with Crippen LogP contribution in [0.25, 0.3) is 16.6 Å². The molecule has 3 aliphatic rings. The van der Waals surface area contributed by atoms with Gasteiger partial charge in [0.2, 0.25) is 0 Å². The Balaban J connectivity index is 0.000000192.